The molecule has 1 aromatic heterocycles. The molecule has 0 unspecified atom stereocenters. The Hall–Kier alpha value is -2.42. The molecule has 0 radical (unpaired) electrons. The van der Waals surface area contributed by atoms with E-state index in [4.69, 9.17) is 5.11 Å². The number of hydrogen-bond acceptors (Lipinski definition) is 2. The summed E-state index contributed by atoms with van der Waals surface area (Å²) in [6, 6.07) is 11.3. The van der Waals surface area contributed by atoms with Crippen molar-refractivity contribution in [2.24, 2.45) is 0 Å². The molecule has 3 heteroatoms. The Labute approximate surface area is 105 Å². The van der Waals surface area contributed by atoms with E-state index < -0.39 is 5.97 Å². The van der Waals surface area contributed by atoms with Gasteiger partial charge in [-0.3, -0.25) is 9.78 Å². The molecule has 0 aliphatic carbocycles. The summed E-state index contributed by atoms with van der Waals surface area (Å²) in [6.45, 7) is 0. The maximum Gasteiger partial charge on any atom is 0.307 e. The number of rotatable bonds is 4. The zero-order valence-corrected chi connectivity index (χ0v) is 9.78. The quantitative estimate of drug-likeness (QED) is 0.892. The molecule has 1 aromatic carbocycles. The minimum atomic E-state index is -0.811. The van der Waals surface area contributed by atoms with Crippen LogP contribution in [0.4, 0.5) is 0 Å². The molecule has 2 aromatic rings. The van der Waals surface area contributed by atoms with Gasteiger partial charge in [-0.1, -0.05) is 42.5 Å². The van der Waals surface area contributed by atoms with Gasteiger partial charge in [-0.05, 0) is 22.8 Å². The lowest BCUT2D eigenvalue weighted by atomic mass is 10.1. The van der Waals surface area contributed by atoms with Crippen LogP contribution in [-0.4, -0.2) is 16.1 Å². The highest BCUT2D eigenvalue weighted by atomic mass is 16.4. The van der Waals surface area contributed by atoms with Crippen LogP contribution in [0.1, 0.15) is 16.7 Å². The summed E-state index contributed by atoms with van der Waals surface area (Å²) in [5.41, 5.74) is 2.88. The van der Waals surface area contributed by atoms with Gasteiger partial charge in [-0.25, -0.2) is 0 Å². The highest BCUT2D eigenvalue weighted by Crippen LogP contribution is 2.09. The van der Waals surface area contributed by atoms with Crippen molar-refractivity contribution in [2.75, 3.05) is 0 Å². The predicted octanol–water partition coefficient (Wildman–Crippen LogP) is 2.88. The lowest BCUT2D eigenvalue weighted by Gasteiger charge is -1.98. The van der Waals surface area contributed by atoms with Gasteiger partial charge >= 0.3 is 5.97 Å². The lowest BCUT2D eigenvalue weighted by molar-refractivity contribution is -0.136. The van der Waals surface area contributed by atoms with Gasteiger partial charge in [0.1, 0.15) is 0 Å². The molecule has 0 aliphatic heterocycles. The van der Waals surface area contributed by atoms with Crippen LogP contribution in [0, 0.1) is 0 Å². The standard InChI is InChI=1S/C15H13NO2/c17-15(18)10-13-6-3-12(4-7-13)5-8-14-2-1-9-16-11-14/h1-9,11H,10H2,(H,17,18)/b8-5+. The van der Waals surface area contributed by atoms with Gasteiger partial charge in [0.15, 0.2) is 0 Å². The normalized spacial score (nSPS) is 10.7. The van der Waals surface area contributed by atoms with Crippen LogP contribution >= 0.6 is 0 Å². The third-order valence-electron chi connectivity index (χ3n) is 2.49. The molecule has 0 bridgehead atoms. The molecule has 0 aliphatic rings. The van der Waals surface area contributed by atoms with Gasteiger partial charge in [0.2, 0.25) is 0 Å². The first-order valence-corrected chi connectivity index (χ1v) is 5.63. The second kappa shape index (κ2) is 5.77. The molecule has 0 amide bonds. The van der Waals surface area contributed by atoms with Crippen molar-refractivity contribution < 1.29 is 9.90 Å². The summed E-state index contributed by atoms with van der Waals surface area (Å²) in [4.78, 5) is 14.6. The molecule has 0 spiro atoms. The Balaban J connectivity index is 2.06. The van der Waals surface area contributed by atoms with Crippen molar-refractivity contribution in [3.05, 3.63) is 65.5 Å². The van der Waals surface area contributed by atoms with Crippen molar-refractivity contribution in [1.29, 1.82) is 0 Å². The van der Waals surface area contributed by atoms with Crippen LogP contribution in [0.3, 0.4) is 0 Å². The van der Waals surface area contributed by atoms with E-state index in [1.807, 2.05) is 48.6 Å². The van der Waals surface area contributed by atoms with Gasteiger partial charge < -0.3 is 5.11 Å². The fourth-order valence-corrected chi connectivity index (χ4v) is 1.59. The number of pyridine rings is 1. The Kier molecular flexibility index (Phi) is 3.86. The largest absolute Gasteiger partial charge is 0.481 e. The van der Waals surface area contributed by atoms with Crippen molar-refractivity contribution in [1.82, 2.24) is 4.98 Å². The summed E-state index contributed by atoms with van der Waals surface area (Å²) in [6.07, 6.45) is 7.53. The topological polar surface area (TPSA) is 50.2 Å². The van der Waals surface area contributed by atoms with Crippen LogP contribution in [0.25, 0.3) is 12.2 Å². The van der Waals surface area contributed by atoms with Crippen molar-refractivity contribution in [3.8, 4) is 0 Å². The third-order valence-corrected chi connectivity index (χ3v) is 2.49. The van der Waals surface area contributed by atoms with Gasteiger partial charge in [-0.15, -0.1) is 0 Å². The number of carbonyl (C=O) groups is 1. The smallest absolute Gasteiger partial charge is 0.307 e. The van der Waals surface area contributed by atoms with E-state index in [1.165, 1.54) is 0 Å². The second-order valence-electron chi connectivity index (χ2n) is 3.93. The first-order valence-electron chi connectivity index (χ1n) is 5.63. The maximum absolute atomic E-state index is 10.5. The van der Waals surface area contributed by atoms with E-state index >= 15 is 0 Å². The number of nitrogens with zero attached hydrogens (tertiary/aromatic N) is 1. The van der Waals surface area contributed by atoms with Crippen LogP contribution in [-0.2, 0) is 11.2 Å². The number of carboxylic acids is 1. The van der Waals surface area contributed by atoms with Gasteiger partial charge in [0, 0.05) is 12.4 Å². The van der Waals surface area contributed by atoms with E-state index in [-0.39, 0.29) is 6.42 Å². The summed E-state index contributed by atoms with van der Waals surface area (Å²) in [7, 11) is 0. The van der Waals surface area contributed by atoms with E-state index in [1.54, 1.807) is 12.4 Å². The maximum atomic E-state index is 10.5. The number of aromatic nitrogens is 1. The Morgan fingerprint density at radius 2 is 1.83 bits per heavy atom. The van der Waals surface area contributed by atoms with Crippen molar-refractivity contribution in [2.45, 2.75) is 6.42 Å². The molecular weight excluding hydrogens is 226 g/mol. The predicted molar refractivity (Wildman–Crippen MR) is 70.9 cm³/mol. The Bertz CT molecular complexity index is 544. The van der Waals surface area contributed by atoms with E-state index in [0.717, 1.165) is 16.7 Å². The molecule has 3 nitrogen and oxygen atoms in total. The van der Waals surface area contributed by atoms with Crippen molar-refractivity contribution in [3.63, 3.8) is 0 Å². The zero-order valence-electron chi connectivity index (χ0n) is 9.78. The number of benzene rings is 1. The molecule has 1 heterocycles. The molecule has 0 saturated heterocycles. The number of hydrogen-bond donors (Lipinski definition) is 1. The number of carboxylic acid groups (broad SMARTS) is 1. The van der Waals surface area contributed by atoms with Crippen LogP contribution in [0.2, 0.25) is 0 Å². The second-order valence-corrected chi connectivity index (χ2v) is 3.93. The molecule has 90 valence electrons. The first kappa shape index (κ1) is 12.0. The zero-order chi connectivity index (χ0) is 12.8. The number of aliphatic carboxylic acids is 1. The third kappa shape index (κ3) is 3.56. The molecule has 0 saturated carbocycles. The fraction of sp³-hybridized carbons (Fsp3) is 0.0667. The molecule has 2 rings (SSSR count). The van der Waals surface area contributed by atoms with E-state index in [9.17, 15) is 4.79 Å². The molecule has 18 heavy (non-hydrogen) atoms. The highest BCUT2D eigenvalue weighted by Gasteiger charge is 1.98. The van der Waals surface area contributed by atoms with Gasteiger partial charge in [0.25, 0.3) is 0 Å². The van der Waals surface area contributed by atoms with Crippen LogP contribution in [0.15, 0.2) is 48.8 Å². The van der Waals surface area contributed by atoms with Crippen LogP contribution < -0.4 is 0 Å². The highest BCUT2D eigenvalue weighted by molar-refractivity contribution is 5.71. The minimum absolute atomic E-state index is 0.0621. The van der Waals surface area contributed by atoms with Gasteiger partial charge in [-0.2, -0.15) is 0 Å². The molecule has 0 fully saturated rings. The SMILES string of the molecule is O=C(O)Cc1ccc(/C=C/c2cccnc2)cc1. The Morgan fingerprint density at radius 3 is 2.44 bits per heavy atom. The summed E-state index contributed by atoms with van der Waals surface area (Å²) < 4.78 is 0. The minimum Gasteiger partial charge on any atom is -0.481 e. The molecule has 0 atom stereocenters. The van der Waals surface area contributed by atoms with Crippen molar-refractivity contribution >= 4 is 18.1 Å². The summed E-state index contributed by atoms with van der Waals surface area (Å²) in [5, 5.41) is 8.67. The van der Waals surface area contributed by atoms with Crippen LogP contribution in [0.5, 0.6) is 0 Å². The van der Waals surface area contributed by atoms with E-state index in [2.05, 4.69) is 4.98 Å². The Morgan fingerprint density at radius 1 is 1.11 bits per heavy atom. The van der Waals surface area contributed by atoms with Gasteiger partial charge in [0.05, 0.1) is 6.42 Å². The summed E-state index contributed by atoms with van der Waals surface area (Å²) in [5.74, 6) is -0.811. The summed E-state index contributed by atoms with van der Waals surface area (Å²) >= 11 is 0. The lowest BCUT2D eigenvalue weighted by Crippen LogP contribution is -1.99. The monoisotopic (exact) mass is 239 g/mol. The first-order chi connectivity index (χ1) is 8.74. The average Bonchev–Trinajstić information content (AvgIpc) is 2.38. The molecule has 1 N–H and O–H groups in total. The average molecular weight is 239 g/mol. The fourth-order valence-electron chi connectivity index (χ4n) is 1.59. The molecular formula is C15H13NO2. The van der Waals surface area contributed by atoms with E-state index in [0.29, 0.717) is 0 Å².